The molecule has 0 amide bonds. The first kappa shape index (κ1) is 17.5. The van der Waals surface area contributed by atoms with Crippen molar-refractivity contribution >= 4 is 27.5 Å². The largest absolute Gasteiger partial charge is 0.529 e. The maximum absolute atomic E-state index is 10.6. The summed E-state index contributed by atoms with van der Waals surface area (Å²) in [5.41, 5.74) is 1.21. The van der Waals surface area contributed by atoms with Gasteiger partial charge < -0.3 is 0 Å². The molecule has 0 spiro atoms. The number of halogens is 8. The monoisotopic (exact) mass is 358 g/mol. The Kier molecular flexibility index (Phi) is 7.01. The zero-order chi connectivity index (χ0) is 14.4. The van der Waals surface area contributed by atoms with Gasteiger partial charge in [-0.3, -0.25) is 0 Å². The lowest BCUT2D eigenvalue weighted by molar-refractivity contribution is -0.463. The third-order valence-electron chi connectivity index (χ3n) is 1.27. The van der Waals surface area contributed by atoms with Crippen LogP contribution in [0.5, 0.6) is 0 Å². The standard InChI is InChI=1S/C7H6BrCl.C2F6O/c8-5-6-2-1-3-7(9)4-6;3-1(4,5)9-2(6,7)8/h1-4H,5H2;. The van der Waals surface area contributed by atoms with Crippen molar-refractivity contribution < 1.29 is 31.1 Å². The van der Waals surface area contributed by atoms with Gasteiger partial charge in [0.2, 0.25) is 0 Å². The Hall–Kier alpha value is -0.470. The van der Waals surface area contributed by atoms with E-state index in [1.165, 1.54) is 5.56 Å². The molecule has 0 aliphatic carbocycles. The van der Waals surface area contributed by atoms with Gasteiger partial charge in [-0.25, -0.2) is 0 Å². The Morgan fingerprint density at radius 2 is 1.56 bits per heavy atom. The zero-order valence-corrected chi connectivity index (χ0v) is 10.8. The molecule has 0 saturated heterocycles. The first-order valence-electron chi connectivity index (χ1n) is 4.17. The lowest BCUT2D eigenvalue weighted by atomic mass is 10.2. The molecule has 1 nitrogen and oxygen atoms in total. The van der Waals surface area contributed by atoms with Crippen LogP contribution in [0.3, 0.4) is 0 Å². The van der Waals surface area contributed by atoms with Crippen molar-refractivity contribution in [3.05, 3.63) is 34.9 Å². The normalized spacial score (nSPS) is 11.8. The topological polar surface area (TPSA) is 9.23 Å². The fourth-order valence-electron chi connectivity index (χ4n) is 0.751. The van der Waals surface area contributed by atoms with Crippen LogP contribution in [0.1, 0.15) is 5.56 Å². The van der Waals surface area contributed by atoms with Gasteiger partial charge in [-0.2, -0.15) is 4.74 Å². The highest BCUT2D eigenvalue weighted by Crippen LogP contribution is 2.28. The van der Waals surface area contributed by atoms with Crippen molar-refractivity contribution in [2.24, 2.45) is 0 Å². The molecule has 0 atom stereocenters. The molecule has 0 aliphatic rings. The zero-order valence-electron chi connectivity index (χ0n) is 8.45. The fraction of sp³-hybridized carbons (Fsp3) is 0.333. The van der Waals surface area contributed by atoms with Crippen molar-refractivity contribution in [2.75, 3.05) is 0 Å². The van der Waals surface area contributed by atoms with Gasteiger partial charge in [-0.15, -0.1) is 26.3 Å². The van der Waals surface area contributed by atoms with E-state index in [-0.39, 0.29) is 0 Å². The minimum atomic E-state index is -5.64. The second-order valence-electron chi connectivity index (χ2n) is 2.76. The van der Waals surface area contributed by atoms with E-state index >= 15 is 0 Å². The molecule has 1 aromatic carbocycles. The Labute approximate surface area is 112 Å². The molecule has 0 aliphatic heterocycles. The molecule has 9 heteroatoms. The number of alkyl halides is 7. The molecular formula is C9H6BrClF6O. The van der Waals surface area contributed by atoms with Crippen LogP contribution < -0.4 is 0 Å². The summed E-state index contributed by atoms with van der Waals surface area (Å²) in [6.45, 7) is 0. The van der Waals surface area contributed by atoms with Crippen LogP contribution in [0.15, 0.2) is 24.3 Å². The Morgan fingerprint density at radius 1 is 1.06 bits per heavy atom. The van der Waals surface area contributed by atoms with E-state index in [0.717, 1.165) is 10.4 Å². The summed E-state index contributed by atoms with van der Waals surface area (Å²) in [5, 5.41) is 1.67. The van der Waals surface area contributed by atoms with Crippen LogP contribution in [0.4, 0.5) is 26.3 Å². The predicted molar refractivity (Wildman–Crippen MR) is 57.3 cm³/mol. The summed E-state index contributed by atoms with van der Waals surface area (Å²) >= 11 is 9.04. The quantitative estimate of drug-likeness (QED) is 0.490. The molecule has 104 valence electrons. The molecule has 0 bridgehead atoms. The third kappa shape index (κ3) is 10.7. The summed E-state index contributed by atoms with van der Waals surface area (Å²) in [7, 11) is 0. The van der Waals surface area contributed by atoms with Crippen LogP contribution in [-0.2, 0) is 10.1 Å². The molecule has 0 unspecified atom stereocenters. The smallest absolute Gasteiger partial charge is 0.196 e. The van der Waals surface area contributed by atoms with Crippen LogP contribution in [-0.4, -0.2) is 12.7 Å². The Balaban J connectivity index is 0.000000321. The van der Waals surface area contributed by atoms with E-state index in [1.807, 2.05) is 24.3 Å². The second kappa shape index (κ2) is 7.20. The van der Waals surface area contributed by atoms with Crippen molar-refractivity contribution in [3.63, 3.8) is 0 Å². The summed E-state index contributed by atoms with van der Waals surface area (Å²) in [6, 6.07) is 7.78. The number of hydrogen-bond acceptors (Lipinski definition) is 1. The first-order valence-corrected chi connectivity index (χ1v) is 5.67. The maximum Gasteiger partial charge on any atom is 0.529 e. The van der Waals surface area contributed by atoms with Gasteiger partial charge in [0.05, 0.1) is 0 Å². The van der Waals surface area contributed by atoms with Crippen molar-refractivity contribution in [3.8, 4) is 0 Å². The minimum Gasteiger partial charge on any atom is -0.196 e. The predicted octanol–water partition coefficient (Wildman–Crippen LogP) is 5.28. The Bertz CT molecular complexity index is 353. The van der Waals surface area contributed by atoms with Gasteiger partial charge in [-0.05, 0) is 17.7 Å². The average molecular weight is 359 g/mol. The van der Waals surface area contributed by atoms with Crippen LogP contribution >= 0.6 is 27.5 Å². The molecule has 0 saturated carbocycles. The third-order valence-corrected chi connectivity index (χ3v) is 2.16. The van der Waals surface area contributed by atoms with Crippen molar-refractivity contribution in [2.45, 2.75) is 18.1 Å². The molecule has 1 aromatic rings. The highest BCUT2D eigenvalue weighted by atomic mass is 79.9. The molecule has 0 N–H and O–H groups in total. The summed E-state index contributed by atoms with van der Waals surface area (Å²) in [5.74, 6) is 0. The molecule has 0 fully saturated rings. The van der Waals surface area contributed by atoms with E-state index < -0.39 is 12.7 Å². The van der Waals surface area contributed by atoms with Gasteiger partial charge in [-0.1, -0.05) is 39.7 Å². The SMILES string of the molecule is Clc1cccc(CBr)c1.FC(F)(F)OC(F)(F)F. The van der Waals surface area contributed by atoms with Gasteiger partial charge >= 0.3 is 12.7 Å². The van der Waals surface area contributed by atoms with E-state index in [1.54, 1.807) is 4.74 Å². The number of benzene rings is 1. The van der Waals surface area contributed by atoms with Gasteiger partial charge in [0, 0.05) is 10.4 Å². The maximum atomic E-state index is 10.6. The van der Waals surface area contributed by atoms with Crippen molar-refractivity contribution in [1.29, 1.82) is 0 Å². The first-order chi connectivity index (χ1) is 8.03. The van der Waals surface area contributed by atoms with Gasteiger partial charge in [0.15, 0.2) is 0 Å². The number of ether oxygens (including phenoxy) is 1. The molecule has 1 rings (SSSR count). The van der Waals surface area contributed by atoms with E-state index in [4.69, 9.17) is 11.6 Å². The summed E-state index contributed by atoms with van der Waals surface area (Å²) in [6.07, 6.45) is -11.3. The van der Waals surface area contributed by atoms with Gasteiger partial charge in [0.25, 0.3) is 0 Å². The highest BCUT2D eigenvalue weighted by Gasteiger charge is 2.45. The lowest BCUT2D eigenvalue weighted by Crippen LogP contribution is -2.25. The van der Waals surface area contributed by atoms with Crippen LogP contribution in [0.25, 0.3) is 0 Å². The molecule has 0 aromatic heterocycles. The lowest BCUT2D eigenvalue weighted by Gasteiger charge is -2.08. The van der Waals surface area contributed by atoms with E-state index in [0.29, 0.717) is 0 Å². The van der Waals surface area contributed by atoms with Crippen LogP contribution in [0, 0.1) is 0 Å². The average Bonchev–Trinajstić information content (AvgIpc) is 2.12. The summed E-state index contributed by atoms with van der Waals surface area (Å²) in [4.78, 5) is 0. The summed E-state index contributed by atoms with van der Waals surface area (Å²) < 4.78 is 65.3. The second-order valence-corrected chi connectivity index (χ2v) is 3.75. The molecule has 18 heavy (non-hydrogen) atoms. The van der Waals surface area contributed by atoms with Gasteiger partial charge in [0.1, 0.15) is 0 Å². The number of rotatable bonds is 1. The Morgan fingerprint density at radius 3 is 1.78 bits per heavy atom. The minimum absolute atomic E-state index is 0.798. The van der Waals surface area contributed by atoms with Crippen LogP contribution in [0.2, 0.25) is 5.02 Å². The van der Waals surface area contributed by atoms with Crippen molar-refractivity contribution in [1.82, 2.24) is 0 Å². The number of hydrogen-bond donors (Lipinski definition) is 0. The highest BCUT2D eigenvalue weighted by molar-refractivity contribution is 9.08. The van der Waals surface area contributed by atoms with E-state index in [9.17, 15) is 26.3 Å². The molecule has 0 heterocycles. The molecular weight excluding hydrogens is 353 g/mol. The van der Waals surface area contributed by atoms with E-state index in [2.05, 4.69) is 15.9 Å². The molecule has 0 radical (unpaired) electrons. The fourth-order valence-corrected chi connectivity index (χ4v) is 1.31.